The molecule has 6 heteroatoms. The molecule has 0 radical (unpaired) electrons. The molecule has 0 saturated heterocycles. The van der Waals surface area contributed by atoms with Crippen LogP contribution in [-0.4, -0.2) is 10.9 Å². The summed E-state index contributed by atoms with van der Waals surface area (Å²) in [6.45, 7) is 7.77. The van der Waals surface area contributed by atoms with Gasteiger partial charge in [0.2, 0.25) is 0 Å². The molecule has 0 N–H and O–H groups in total. The number of carbonyl (C=O) groups is 1. The van der Waals surface area contributed by atoms with Gasteiger partial charge in [-0.25, -0.2) is 0 Å². The summed E-state index contributed by atoms with van der Waals surface area (Å²) in [6.07, 6.45) is 0. The van der Waals surface area contributed by atoms with Gasteiger partial charge in [0.25, 0.3) is 0 Å². The minimum Gasteiger partial charge on any atom is -0.489 e. The Hall–Kier alpha value is -2.30. The number of carbonyl (C=O) groups excluding carboxylic acids is 1. The maximum Gasteiger partial charge on any atom is 0.161 e. The topological polar surface area (TPSA) is 52.3 Å². The molecule has 0 spiro atoms. The minimum atomic E-state index is -0.0887. The van der Waals surface area contributed by atoms with Crippen LogP contribution in [0.3, 0.4) is 0 Å². The lowest BCUT2D eigenvalue weighted by atomic mass is 9.98. The van der Waals surface area contributed by atoms with Gasteiger partial charge in [-0.3, -0.25) is 4.79 Å². The SMILES string of the molecule is CC(=O)c1ccc(OCc2c(-c3c(C)cccc3Cl)noc2C(C)C)cc1Cl. The molecular formula is C22H21Cl2NO3. The van der Waals surface area contributed by atoms with E-state index in [1.54, 1.807) is 18.2 Å². The number of rotatable bonds is 6. The molecule has 0 atom stereocenters. The molecule has 0 amide bonds. The number of hydrogen-bond donors (Lipinski definition) is 0. The van der Waals surface area contributed by atoms with Gasteiger partial charge in [-0.15, -0.1) is 0 Å². The molecule has 1 aromatic heterocycles. The fourth-order valence-corrected chi connectivity index (χ4v) is 3.68. The summed E-state index contributed by atoms with van der Waals surface area (Å²) >= 11 is 12.6. The standard InChI is InChI=1S/C22H21Cl2NO3/c1-12(2)22-17(11-27-15-8-9-16(14(4)26)19(24)10-15)21(25-28-22)20-13(3)6-5-7-18(20)23/h5-10,12H,11H2,1-4H3. The first-order valence-corrected chi connectivity index (χ1v) is 9.72. The maximum atomic E-state index is 11.5. The van der Waals surface area contributed by atoms with Gasteiger partial charge in [-0.2, -0.15) is 0 Å². The Kier molecular flexibility index (Phi) is 6.11. The molecule has 0 unspecified atom stereocenters. The number of Topliss-reactive ketones (excluding diaryl/α,β-unsaturated/α-hetero) is 1. The summed E-state index contributed by atoms with van der Waals surface area (Å²) < 4.78 is 11.6. The lowest BCUT2D eigenvalue weighted by Gasteiger charge is -2.12. The van der Waals surface area contributed by atoms with Crippen LogP contribution in [0.25, 0.3) is 11.3 Å². The zero-order chi connectivity index (χ0) is 20.4. The molecule has 3 rings (SSSR count). The molecule has 0 saturated carbocycles. The average molecular weight is 418 g/mol. The van der Waals surface area contributed by atoms with Crippen molar-refractivity contribution < 1.29 is 14.1 Å². The van der Waals surface area contributed by atoms with E-state index in [9.17, 15) is 4.79 Å². The van der Waals surface area contributed by atoms with Crippen LogP contribution in [0.2, 0.25) is 10.0 Å². The Balaban J connectivity index is 1.97. The van der Waals surface area contributed by atoms with Crippen molar-refractivity contribution in [2.75, 3.05) is 0 Å². The Bertz CT molecular complexity index is 1000. The number of aryl methyl sites for hydroxylation is 1. The fraction of sp³-hybridized carbons (Fsp3) is 0.273. The summed E-state index contributed by atoms with van der Waals surface area (Å²) in [5.41, 5.74) is 3.83. The normalized spacial score (nSPS) is 11.1. The van der Waals surface area contributed by atoms with E-state index in [0.29, 0.717) is 27.1 Å². The molecule has 2 aromatic carbocycles. The quantitative estimate of drug-likeness (QED) is 0.410. The second kappa shape index (κ2) is 8.38. The molecule has 0 bridgehead atoms. The van der Waals surface area contributed by atoms with Crippen molar-refractivity contribution in [3.8, 4) is 17.0 Å². The third-order valence-corrected chi connectivity index (χ3v) is 5.13. The monoisotopic (exact) mass is 417 g/mol. The first-order valence-electron chi connectivity index (χ1n) is 8.96. The molecule has 4 nitrogen and oxygen atoms in total. The summed E-state index contributed by atoms with van der Waals surface area (Å²) in [6, 6.07) is 10.7. The first-order chi connectivity index (χ1) is 13.3. The number of hydrogen-bond acceptors (Lipinski definition) is 4. The molecule has 0 aliphatic carbocycles. The van der Waals surface area contributed by atoms with E-state index in [1.165, 1.54) is 6.92 Å². The fourth-order valence-electron chi connectivity index (χ4n) is 3.07. The van der Waals surface area contributed by atoms with Crippen LogP contribution in [-0.2, 0) is 6.61 Å². The Morgan fingerprint density at radius 2 is 1.93 bits per heavy atom. The van der Waals surface area contributed by atoms with Crippen LogP contribution in [0, 0.1) is 6.92 Å². The van der Waals surface area contributed by atoms with Crippen molar-refractivity contribution in [3.63, 3.8) is 0 Å². The number of ether oxygens (including phenoxy) is 1. The highest BCUT2D eigenvalue weighted by molar-refractivity contribution is 6.34. The van der Waals surface area contributed by atoms with Crippen LogP contribution in [0.1, 0.15) is 53.9 Å². The zero-order valence-electron chi connectivity index (χ0n) is 16.2. The predicted molar refractivity (Wildman–Crippen MR) is 112 cm³/mol. The lowest BCUT2D eigenvalue weighted by Crippen LogP contribution is -2.02. The lowest BCUT2D eigenvalue weighted by molar-refractivity contribution is 0.101. The third kappa shape index (κ3) is 4.08. The Morgan fingerprint density at radius 3 is 2.54 bits per heavy atom. The summed E-state index contributed by atoms with van der Waals surface area (Å²) in [5, 5.41) is 5.26. The maximum absolute atomic E-state index is 11.5. The van der Waals surface area contributed by atoms with Crippen molar-refractivity contribution in [1.29, 1.82) is 0 Å². The van der Waals surface area contributed by atoms with Gasteiger partial charge < -0.3 is 9.26 Å². The zero-order valence-corrected chi connectivity index (χ0v) is 17.7. The number of benzene rings is 2. The number of ketones is 1. The van der Waals surface area contributed by atoms with Gasteiger partial charge in [0.05, 0.1) is 15.6 Å². The van der Waals surface area contributed by atoms with E-state index in [0.717, 1.165) is 22.5 Å². The second-order valence-electron chi connectivity index (χ2n) is 6.95. The molecule has 0 aliphatic heterocycles. The molecular weight excluding hydrogens is 397 g/mol. The van der Waals surface area contributed by atoms with Crippen LogP contribution in [0.5, 0.6) is 5.75 Å². The predicted octanol–water partition coefficient (Wildman–Crippen LogP) is 6.86. The van der Waals surface area contributed by atoms with Crippen LogP contribution in [0.4, 0.5) is 0 Å². The molecule has 146 valence electrons. The first kappa shape index (κ1) is 20.4. The van der Waals surface area contributed by atoms with E-state index in [1.807, 2.05) is 39.0 Å². The highest BCUT2D eigenvalue weighted by Crippen LogP contribution is 2.36. The molecule has 28 heavy (non-hydrogen) atoms. The van der Waals surface area contributed by atoms with Crippen molar-refractivity contribution >= 4 is 29.0 Å². The number of aromatic nitrogens is 1. The number of halogens is 2. The molecule has 0 fully saturated rings. The highest BCUT2D eigenvalue weighted by Gasteiger charge is 2.23. The van der Waals surface area contributed by atoms with Crippen molar-refractivity contribution in [2.45, 2.75) is 40.2 Å². The van der Waals surface area contributed by atoms with Crippen LogP contribution < -0.4 is 4.74 Å². The van der Waals surface area contributed by atoms with Crippen molar-refractivity contribution in [1.82, 2.24) is 5.16 Å². The second-order valence-corrected chi connectivity index (χ2v) is 7.76. The molecule has 3 aromatic rings. The Morgan fingerprint density at radius 1 is 1.18 bits per heavy atom. The van der Waals surface area contributed by atoms with Gasteiger partial charge in [0, 0.05) is 17.0 Å². The largest absolute Gasteiger partial charge is 0.489 e. The Labute approximate surface area is 174 Å². The van der Waals surface area contributed by atoms with Crippen LogP contribution in [0.15, 0.2) is 40.9 Å². The van der Waals surface area contributed by atoms with Crippen molar-refractivity contribution in [2.24, 2.45) is 0 Å². The van der Waals surface area contributed by atoms with E-state index in [2.05, 4.69) is 5.16 Å². The van der Waals surface area contributed by atoms with E-state index in [-0.39, 0.29) is 18.3 Å². The van der Waals surface area contributed by atoms with E-state index >= 15 is 0 Å². The van der Waals surface area contributed by atoms with Gasteiger partial charge in [0.1, 0.15) is 23.8 Å². The van der Waals surface area contributed by atoms with Gasteiger partial charge >= 0.3 is 0 Å². The van der Waals surface area contributed by atoms with E-state index in [4.69, 9.17) is 32.5 Å². The van der Waals surface area contributed by atoms with Gasteiger partial charge in [-0.1, -0.05) is 54.3 Å². The average Bonchev–Trinajstić information content (AvgIpc) is 3.03. The minimum absolute atomic E-state index is 0.0887. The summed E-state index contributed by atoms with van der Waals surface area (Å²) in [7, 11) is 0. The highest BCUT2D eigenvalue weighted by atomic mass is 35.5. The van der Waals surface area contributed by atoms with Gasteiger partial charge in [-0.05, 0) is 43.7 Å². The van der Waals surface area contributed by atoms with Crippen molar-refractivity contribution in [3.05, 3.63) is 68.9 Å². The third-order valence-electron chi connectivity index (χ3n) is 4.50. The van der Waals surface area contributed by atoms with Crippen LogP contribution >= 0.6 is 23.2 Å². The number of nitrogens with zero attached hydrogens (tertiary/aromatic N) is 1. The molecule has 0 aliphatic rings. The van der Waals surface area contributed by atoms with E-state index < -0.39 is 0 Å². The smallest absolute Gasteiger partial charge is 0.161 e. The molecule has 1 heterocycles. The summed E-state index contributed by atoms with van der Waals surface area (Å²) in [5.74, 6) is 1.36. The van der Waals surface area contributed by atoms with Gasteiger partial charge in [0.15, 0.2) is 5.78 Å². The summed E-state index contributed by atoms with van der Waals surface area (Å²) in [4.78, 5) is 11.5.